The van der Waals surface area contributed by atoms with Crippen LogP contribution in [0.2, 0.25) is 0 Å². The van der Waals surface area contributed by atoms with E-state index >= 15 is 4.57 Å². The number of pyridine rings is 1. The monoisotopic (exact) mass is 517 g/mol. The highest BCUT2D eigenvalue weighted by Crippen LogP contribution is 2.44. The maximum absolute atomic E-state index is 15.3. The van der Waals surface area contributed by atoms with Crippen LogP contribution in [0, 0.1) is 0 Å². The van der Waals surface area contributed by atoms with Crippen LogP contribution in [0.15, 0.2) is 109 Å². The van der Waals surface area contributed by atoms with Crippen molar-refractivity contribution in [1.29, 1.82) is 0 Å². The Kier molecular flexibility index (Phi) is 6.66. The predicted molar refractivity (Wildman–Crippen MR) is 164 cm³/mol. The Morgan fingerprint density at radius 2 is 1.11 bits per heavy atom. The summed E-state index contributed by atoms with van der Waals surface area (Å²) in [7, 11) is -3.14. The molecule has 0 radical (unpaired) electrons. The zero-order chi connectivity index (χ0) is 27.1. The number of benzene rings is 4. The number of rotatable bonds is 4. The lowest BCUT2D eigenvalue weighted by atomic mass is 9.87. The van der Waals surface area contributed by atoms with Crippen LogP contribution in [-0.4, -0.2) is 4.98 Å². The lowest BCUT2D eigenvalue weighted by Crippen LogP contribution is -2.26. The van der Waals surface area contributed by atoms with Crippen molar-refractivity contribution in [2.24, 2.45) is 0 Å². The second kappa shape index (κ2) is 9.68. The van der Waals surface area contributed by atoms with Crippen molar-refractivity contribution in [1.82, 2.24) is 4.98 Å². The average Bonchev–Trinajstić information content (AvgIpc) is 2.91. The largest absolute Gasteiger partial charge is 0.309 e. The van der Waals surface area contributed by atoms with Crippen LogP contribution >= 0.6 is 7.14 Å². The van der Waals surface area contributed by atoms with E-state index < -0.39 is 7.14 Å². The van der Waals surface area contributed by atoms with Gasteiger partial charge in [-0.1, -0.05) is 133 Å². The quantitative estimate of drug-likeness (QED) is 0.225. The molecule has 0 saturated heterocycles. The van der Waals surface area contributed by atoms with Crippen molar-refractivity contribution in [2.45, 2.75) is 52.4 Å². The highest BCUT2D eigenvalue weighted by molar-refractivity contribution is 7.85. The first kappa shape index (κ1) is 26.1. The molecule has 0 aliphatic heterocycles. The van der Waals surface area contributed by atoms with E-state index in [1.165, 1.54) is 11.1 Å². The molecule has 192 valence electrons. The molecule has 0 atom stereocenters. The molecular weight excluding hydrogens is 481 g/mol. The van der Waals surface area contributed by atoms with Crippen LogP contribution in [0.4, 0.5) is 0 Å². The first-order chi connectivity index (χ1) is 18.0. The standard InChI is InChI=1S/C35H36NOP/c1-34(2,3)27-15-19-29(20-16-27)38(37,30-21-17-28(18-22-30)35(4,5)6)31-12-9-11-26(24-31)33-23-14-25-10-7-8-13-32(25)36-33/h7-24H,1-6H3. The molecule has 0 aliphatic carbocycles. The van der Waals surface area contributed by atoms with Gasteiger partial charge in [0.15, 0.2) is 7.14 Å². The molecule has 3 heteroatoms. The zero-order valence-electron chi connectivity index (χ0n) is 23.2. The SMILES string of the molecule is CC(C)(C)c1ccc(P(=O)(c2ccc(C(C)(C)C)cc2)c2cccc(-c3ccc4ccccc4n3)c2)cc1. The van der Waals surface area contributed by atoms with Gasteiger partial charge in [-0.3, -0.25) is 0 Å². The molecular formula is C35H36NOP. The van der Waals surface area contributed by atoms with Crippen molar-refractivity contribution in [3.63, 3.8) is 0 Å². The fraction of sp³-hybridized carbons (Fsp3) is 0.229. The topological polar surface area (TPSA) is 30.0 Å². The molecule has 0 N–H and O–H groups in total. The lowest BCUT2D eigenvalue weighted by Gasteiger charge is -2.24. The molecule has 38 heavy (non-hydrogen) atoms. The Balaban J connectivity index is 1.67. The molecule has 1 aromatic heterocycles. The molecule has 4 aromatic carbocycles. The van der Waals surface area contributed by atoms with E-state index in [0.717, 1.165) is 38.1 Å². The maximum atomic E-state index is 15.3. The van der Waals surface area contributed by atoms with Crippen LogP contribution in [0.3, 0.4) is 0 Å². The van der Waals surface area contributed by atoms with E-state index in [2.05, 4.69) is 114 Å². The predicted octanol–water partition coefficient (Wildman–Crippen LogP) is 8.14. The molecule has 0 amide bonds. The second-order valence-corrected chi connectivity index (χ2v) is 14.9. The first-order valence-electron chi connectivity index (χ1n) is 13.3. The van der Waals surface area contributed by atoms with Crippen LogP contribution in [0.25, 0.3) is 22.2 Å². The summed E-state index contributed by atoms with van der Waals surface area (Å²) >= 11 is 0. The van der Waals surface area contributed by atoms with Crippen molar-refractivity contribution in [3.8, 4) is 11.3 Å². The van der Waals surface area contributed by atoms with E-state index in [-0.39, 0.29) is 10.8 Å². The summed E-state index contributed by atoms with van der Waals surface area (Å²) < 4.78 is 15.3. The number of hydrogen-bond donors (Lipinski definition) is 0. The van der Waals surface area contributed by atoms with Crippen LogP contribution in [0.5, 0.6) is 0 Å². The van der Waals surface area contributed by atoms with Gasteiger partial charge < -0.3 is 4.57 Å². The van der Waals surface area contributed by atoms with Crippen LogP contribution in [0.1, 0.15) is 52.7 Å². The molecule has 0 aliphatic rings. The Morgan fingerprint density at radius 3 is 1.66 bits per heavy atom. The number of fused-ring (bicyclic) bond motifs is 1. The highest BCUT2D eigenvalue weighted by atomic mass is 31.2. The van der Waals surface area contributed by atoms with Crippen molar-refractivity contribution in [2.75, 3.05) is 0 Å². The Bertz CT molecular complexity index is 1570. The fourth-order valence-electron chi connectivity index (χ4n) is 4.88. The van der Waals surface area contributed by atoms with Gasteiger partial charge in [-0.05, 0) is 40.2 Å². The summed E-state index contributed by atoms with van der Waals surface area (Å²) in [6, 6.07) is 37.1. The van der Waals surface area contributed by atoms with E-state index in [0.29, 0.717) is 0 Å². The zero-order valence-corrected chi connectivity index (χ0v) is 24.1. The second-order valence-electron chi connectivity index (χ2n) is 12.1. The first-order valence-corrected chi connectivity index (χ1v) is 15.0. The average molecular weight is 518 g/mol. The minimum atomic E-state index is -3.14. The van der Waals surface area contributed by atoms with Gasteiger partial charge in [0, 0.05) is 26.9 Å². The summed E-state index contributed by atoms with van der Waals surface area (Å²) in [5, 5.41) is 3.61. The van der Waals surface area contributed by atoms with Gasteiger partial charge in [0.1, 0.15) is 0 Å². The number of nitrogens with zero attached hydrogens (tertiary/aromatic N) is 1. The maximum Gasteiger partial charge on any atom is 0.171 e. The lowest BCUT2D eigenvalue weighted by molar-refractivity contribution is 0.588. The van der Waals surface area contributed by atoms with E-state index in [9.17, 15) is 0 Å². The van der Waals surface area contributed by atoms with Gasteiger partial charge >= 0.3 is 0 Å². The van der Waals surface area contributed by atoms with Crippen LogP contribution < -0.4 is 15.9 Å². The van der Waals surface area contributed by atoms with Crippen LogP contribution in [-0.2, 0) is 15.4 Å². The molecule has 0 unspecified atom stereocenters. The molecule has 0 spiro atoms. The normalized spacial score (nSPS) is 12.6. The summed E-state index contributed by atoms with van der Waals surface area (Å²) in [5.74, 6) is 0. The molecule has 5 rings (SSSR count). The van der Waals surface area contributed by atoms with Crippen molar-refractivity contribution in [3.05, 3.63) is 120 Å². The van der Waals surface area contributed by atoms with E-state index in [1.807, 2.05) is 36.4 Å². The Labute approximate surface area is 227 Å². The third kappa shape index (κ3) is 4.98. The smallest absolute Gasteiger partial charge is 0.171 e. The van der Waals surface area contributed by atoms with E-state index in [4.69, 9.17) is 4.98 Å². The molecule has 0 fully saturated rings. The van der Waals surface area contributed by atoms with Gasteiger partial charge in [0.05, 0.1) is 11.2 Å². The number of hydrogen-bond acceptors (Lipinski definition) is 2. The minimum absolute atomic E-state index is 0.0263. The molecule has 0 saturated carbocycles. The summed E-state index contributed by atoms with van der Waals surface area (Å²) in [4.78, 5) is 4.90. The summed E-state index contributed by atoms with van der Waals surface area (Å²) in [5.41, 5.74) is 5.30. The van der Waals surface area contributed by atoms with Gasteiger partial charge in [0.2, 0.25) is 0 Å². The number of aromatic nitrogens is 1. The van der Waals surface area contributed by atoms with E-state index in [1.54, 1.807) is 0 Å². The fourth-order valence-corrected chi connectivity index (χ4v) is 7.53. The molecule has 5 aromatic rings. The van der Waals surface area contributed by atoms with Gasteiger partial charge in [-0.25, -0.2) is 4.98 Å². The molecule has 0 bridgehead atoms. The highest BCUT2D eigenvalue weighted by Gasteiger charge is 2.31. The minimum Gasteiger partial charge on any atom is -0.309 e. The summed E-state index contributed by atoms with van der Waals surface area (Å²) in [6.45, 7) is 13.2. The van der Waals surface area contributed by atoms with Gasteiger partial charge in [0.25, 0.3) is 0 Å². The summed E-state index contributed by atoms with van der Waals surface area (Å²) in [6.07, 6.45) is 0. The Morgan fingerprint density at radius 1 is 0.553 bits per heavy atom. The molecule has 2 nitrogen and oxygen atoms in total. The molecule has 1 heterocycles. The van der Waals surface area contributed by atoms with Crippen molar-refractivity contribution < 1.29 is 4.57 Å². The Hall–Kier alpha value is -3.48. The van der Waals surface area contributed by atoms with Gasteiger partial charge in [-0.15, -0.1) is 0 Å². The van der Waals surface area contributed by atoms with Crippen molar-refractivity contribution >= 4 is 34.0 Å². The van der Waals surface area contributed by atoms with Gasteiger partial charge in [-0.2, -0.15) is 0 Å². The third-order valence-corrected chi connectivity index (χ3v) is 10.4. The third-order valence-electron chi connectivity index (χ3n) is 7.30. The number of para-hydroxylation sites is 1.